The van der Waals surface area contributed by atoms with Gasteiger partial charge in [-0.1, -0.05) is 36.4 Å². The fourth-order valence-electron chi connectivity index (χ4n) is 3.67. The lowest BCUT2D eigenvalue weighted by molar-refractivity contribution is -0.253. The van der Waals surface area contributed by atoms with E-state index in [9.17, 15) is 33.1 Å². The van der Waals surface area contributed by atoms with Crippen molar-refractivity contribution in [1.82, 2.24) is 10.6 Å². The summed E-state index contributed by atoms with van der Waals surface area (Å²) in [5.41, 5.74) is -0.130. The summed E-state index contributed by atoms with van der Waals surface area (Å²) in [7, 11) is 0. The van der Waals surface area contributed by atoms with Crippen LogP contribution >= 0.6 is 0 Å². The van der Waals surface area contributed by atoms with Crippen molar-refractivity contribution in [3.8, 4) is 17.2 Å². The zero-order valence-corrected chi connectivity index (χ0v) is 17.4. The van der Waals surface area contributed by atoms with Gasteiger partial charge in [-0.3, -0.25) is 4.79 Å². The lowest BCUT2D eigenvalue weighted by Crippen LogP contribution is -2.64. The smallest absolute Gasteiger partial charge is 0.416 e. The van der Waals surface area contributed by atoms with Crippen LogP contribution in [0.25, 0.3) is 11.1 Å². The van der Waals surface area contributed by atoms with Crippen LogP contribution in [0.15, 0.2) is 48.5 Å². The SMILES string of the molecule is N#CC(Cc1ccc(-c2ccc(C(F)(F)F)cc2)cc1)NC(=O)C1(NC(=O)[O-])CCOCC1. The van der Waals surface area contributed by atoms with Crippen molar-refractivity contribution in [1.29, 1.82) is 5.26 Å². The normalized spacial score (nSPS) is 16.3. The second-order valence-corrected chi connectivity index (χ2v) is 7.74. The summed E-state index contributed by atoms with van der Waals surface area (Å²) >= 11 is 0. The van der Waals surface area contributed by atoms with Crippen LogP contribution < -0.4 is 15.7 Å². The fraction of sp³-hybridized carbons (Fsp3) is 0.348. The van der Waals surface area contributed by atoms with Crippen LogP contribution in [0.5, 0.6) is 0 Å². The Balaban J connectivity index is 1.67. The minimum Gasteiger partial charge on any atom is -0.530 e. The van der Waals surface area contributed by atoms with Crippen molar-refractivity contribution in [2.75, 3.05) is 13.2 Å². The number of carbonyl (C=O) groups excluding carboxylic acids is 2. The van der Waals surface area contributed by atoms with E-state index in [2.05, 4.69) is 10.6 Å². The lowest BCUT2D eigenvalue weighted by atomic mass is 9.88. The third kappa shape index (κ3) is 6.02. The molecule has 10 heteroatoms. The van der Waals surface area contributed by atoms with Crippen LogP contribution in [0.3, 0.4) is 0 Å². The van der Waals surface area contributed by atoms with Gasteiger partial charge in [0.15, 0.2) is 0 Å². The highest BCUT2D eigenvalue weighted by Crippen LogP contribution is 2.31. The summed E-state index contributed by atoms with van der Waals surface area (Å²) < 4.78 is 43.4. The highest BCUT2D eigenvalue weighted by Gasteiger charge is 2.41. The Morgan fingerprint density at radius 1 is 1.06 bits per heavy atom. The zero-order chi connectivity index (χ0) is 24.1. The first-order valence-corrected chi connectivity index (χ1v) is 10.2. The maximum Gasteiger partial charge on any atom is 0.416 e. The molecule has 1 aliphatic rings. The second-order valence-electron chi connectivity index (χ2n) is 7.74. The molecule has 1 unspecified atom stereocenters. The van der Waals surface area contributed by atoms with E-state index in [1.807, 2.05) is 6.07 Å². The van der Waals surface area contributed by atoms with Crippen LogP contribution in [0.2, 0.25) is 0 Å². The number of halogens is 3. The van der Waals surface area contributed by atoms with E-state index < -0.39 is 35.3 Å². The number of nitrogens with one attached hydrogen (secondary N) is 2. The molecular formula is C23H21F3N3O4-. The average molecular weight is 460 g/mol. The lowest BCUT2D eigenvalue weighted by Gasteiger charge is -2.37. The number of rotatable bonds is 6. The van der Waals surface area contributed by atoms with Gasteiger partial charge in [0.1, 0.15) is 17.7 Å². The number of benzene rings is 2. The Morgan fingerprint density at radius 3 is 2.09 bits per heavy atom. The first-order chi connectivity index (χ1) is 15.6. The van der Waals surface area contributed by atoms with Gasteiger partial charge in [-0.25, -0.2) is 0 Å². The van der Waals surface area contributed by atoms with Crippen molar-refractivity contribution >= 4 is 12.0 Å². The predicted molar refractivity (Wildman–Crippen MR) is 109 cm³/mol. The molecule has 7 nitrogen and oxygen atoms in total. The molecule has 0 spiro atoms. The van der Waals surface area contributed by atoms with Crippen LogP contribution in [0.1, 0.15) is 24.0 Å². The van der Waals surface area contributed by atoms with E-state index in [0.717, 1.165) is 12.1 Å². The molecule has 1 saturated heterocycles. The molecule has 33 heavy (non-hydrogen) atoms. The Labute approximate surface area is 188 Å². The first kappa shape index (κ1) is 24.1. The standard InChI is InChI=1S/C23H22F3N3O4/c24-23(25,26)18-7-5-17(6-8-18)16-3-1-15(2-4-16)13-19(14-27)28-20(30)22(29-21(31)32)9-11-33-12-10-22/h1-8,19,29H,9-13H2,(H,28,30)(H,31,32)/p-1. The summed E-state index contributed by atoms with van der Waals surface area (Å²) in [6.07, 6.45) is -5.59. The molecule has 0 radical (unpaired) electrons. The van der Waals surface area contributed by atoms with E-state index in [-0.39, 0.29) is 32.5 Å². The third-order valence-electron chi connectivity index (χ3n) is 5.52. The maximum atomic E-state index is 12.8. The van der Waals surface area contributed by atoms with E-state index in [4.69, 9.17) is 4.74 Å². The van der Waals surface area contributed by atoms with Crippen molar-refractivity contribution < 1.29 is 32.6 Å². The molecule has 2 amide bonds. The summed E-state index contributed by atoms with van der Waals surface area (Å²) in [5.74, 6) is -0.622. The number of hydrogen-bond donors (Lipinski definition) is 2. The van der Waals surface area contributed by atoms with Gasteiger partial charge < -0.3 is 25.3 Å². The van der Waals surface area contributed by atoms with Gasteiger partial charge >= 0.3 is 6.18 Å². The molecule has 0 bridgehead atoms. The molecule has 0 saturated carbocycles. The van der Waals surface area contributed by atoms with Gasteiger partial charge in [0.2, 0.25) is 5.91 Å². The quantitative estimate of drug-likeness (QED) is 0.687. The number of nitriles is 1. The van der Waals surface area contributed by atoms with Crippen LogP contribution in [-0.4, -0.2) is 36.8 Å². The van der Waals surface area contributed by atoms with Crippen molar-refractivity contribution in [3.05, 3.63) is 59.7 Å². The van der Waals surface area contributed by atoms with Gasteiger partial charge in [-0.2, -0.15) is 18.4 Å². The molecule has 1 fully saturated rings. The largest absolute Gasteiger partial charge is 0.530 e. The number of hydrogen-bond acceptors (Lipinski definition) is 5. The van der Waals surface area contributed by atoms with E-state index in [1.54, 1.807) is 24.3 Å². The monoisotopic (exact) mass is 460 g/mol. The molecule has 2 N–H and O–H groups in total. The zero-order valence-electron chi connectivity index (χ0n) is 17.4. The maximum absolute atomic E-state index is 12.8. The average Bonchev–Trinajstić information content (AvgIpc) is 2.78. The van der Waals surface area contributed by atoms with Crippen LogP contribution in [0.4, 0.5) is 18.0 Å². The predicted octanol–water partition coefficient (Wildman–Crippen LogP) is 2.41. The van der Waals surface area contributed by atoms with Crippen molar-refractivity contribution in [2.45, 2.75) is 37.0 Å². The summed E-state index contributed by atoms with van der Waals surface area (Å²) in [4.78, 5) is 23.9. The molecule has 2 aromatic carbocycles. The number of carboxylic acid groups (broad SMARTS) is 1. The van der Waals surface area contributed by atoms with Crippen molar-refractivity contribution in [2.24, 2.45) is 0 Å². The fourth-order valence-corrected chi connectivity index (χ4v) is 3.67. The topological polar surface area (TPSA) is 114 Å². The van der Waals surface area contributed by atoms with Gasteiger partial charge in [0.05, 0.1) is 11.6 Å². The van der Waals surface area contributed by atoms with Gasteiger partial charge in [-0.15, -0.1) is 0 Å². The van der Waals surface area contributed by atoms with E-state index in [0.29, 0.717) is 16.7 Å². The van der Waals surface area contributed by atoms with Crippen molar-refractivity contribution in [3.63, 3.8) is 0 Å². The Morgan fingerprint density at radius 2 is 1.61 bits per heavy atom. The van der Waals surface area contributed by atoms with E-state index >= 15 is 0 Å². The third-order valence-corrected chi connectivity index (χ3v) is 5.52. The molecule has 1 aliphatic heterocycles. The van der Waals surface area contributed by atoms with Crippen LogP contribution in [-0.2, 0) is 22.1 Å². The van der Waals surface area contributed by atoms with Gasteiger partial charge in [0.25, 0.3) is 0 Å². The molecule has 1 atom stereocenters. The minimum atomic E-state index is -4.40. The highest BCUT2D eigenvalue weighted by atomic mass is 19.4. The number of alkyl halides is 3. The molecular weight excluding hydrogens is 439 g/mol. The van der Waals surface area contributed by atoms with Crippen LogP contribution in [0, 0.1) is 11.3 Å². The number of carbonyl (C=O) groups is 2. The Bertz CT molecular complexity index is 1020. The summed E-state index contributed by atoms with van der Waals surface area (Å²) in [6.45, 7) is 0.382. The number of amides is 2. The number of ether oxygens (including phenoxy) is 1. The molecule has 2 aromatic rings. The second kappa shape index (κ2) is 9.92. The molecule has 0 aromatic heterocycles. The summed E-state index contributed by atoms with van der Waals surface area (Å²) in [6, 6.07) is 12.7. The first-order valence-electron chi connectivity index (χ1n) is 10.2. The minimum absolute atomic E-state index is 0.118. The molecule has 1 heterocycles. The Hall–Kier alpha value is -3.58. The van der Waals surface area contributed by atoms with E-state index in [1.165, 1.54) is 12.1 Å². The van der Waals surface area contributed by atoms with Gasteiger partial charge in [0, 0.05) is 32.5 Å². The molecule has 174 valence electrons. The number of nitrogens with zero attached hydrogens (tertiary/aromatic N) is 1. The van der Waals surface area contributed by atoms with Gasteiger partial charge in [-0.05, 0) is 28.8 Å². The Kier molecular flexibility index (Phi) is 7.23. The highest BCUT2D eigenvalue weighted by molar-refractivity contribution is 5.90. The molecule has 0 aliphatic carbocycles. The summed E-state index contributed by atoms with van der Waals surface area (Å²) in [5, 5.41) is 25.3. The molecule has 3 rings (SSSR count).